The molecule has 0 aromatic heterocycles. The Labute approximate surface area is 114 Å². The Morgan fingerprint density at radius 1 is 1.22 bits per heavy atom. The molecule has 0 rings (SSSR count). The maximum Gasteiger partial charge on any atom is 0.00862 e. The summed E-state index contributed by atoms with van der Waals surface area (Å²) in [6, 6.07) is 0. The molecule has 0 amide bonds. The van der Waals surface area contributed by atoms with Crippen LogP contribution in [0.4, 0.5) is 0 Å². The van der Waals surface area contributed by atoms with E-state index >= 15 is 0 Å². The summed E-state index contributed by atoms with van der Waals surface area (Å²) in [6.07, 6.45) is 15.4. The Morgan fingerprint density at radius 3 is 2.33 bits per heavy atom. The van der Waals surface area contributed by atoms with E-state index in [0.29, 0.717) is 5.92 Å². The Hall–Kier alpha value is -1.22. The quantitative estimate of drug-likeness (QED) is 0.293. The van der Waals surface area contributed by atoms with E-state index in [4.69, 9.17) is 6.42 Å². The lowest BCUT2D eigenvalue weighted by molar-refractivity contribution is 0.501. The van der Waals surface area contributed by atoms with Crippen LogP contribution in [-0.4, -0.2) is 0 Å². The first kappa shape index (κ1) is 16.8. The third-order valence-electron chi connectivity index (χ3n) is 3.08. The number of terminal acetylenes is 1. The number of hydrogen-bond donors (Lipinski definition) is 0. The molecule has 0 saturated carbocycles. The van der Waals surface area contributed by atoms with Crippen LogP contribution in [0.15, 0.2) is 35.5 Å². The minimum absolute atomic E-state index is 0.643. The average molecular weight is 244 g/mol. The molecule has 0 heterocycles. The predicted molar refractivity (Wildman–Crippen MR) is 83.4 cm³/mol. The molecule has 0 aromatic rings. The van der Waals surface area contributed by atoms with Gasteiger partial charge in [-0.25, -0.2) is 0 Å². The van der Waals surface area contributed by atoms with Gasteiger partial charge in [-0.3, -0.25) is 0 Å². The third kappa shape index (κ3) is 7.17. The van der Waals surface area contributed by atoms with Crippen LogP contribution >= 0.6 is 0 Å². The van der Waals surface area contributed by atoms with E-state index in [-0.39, 0.29) is 0 Å². The van der Waals surface area contributed by atoms with Crippen molar-refractivity contribution in [1.82, 2.24) is 0 Å². The minimum Gasteiger partial charge on any atom is -0.120 e. The highest BCUT2D eigenvalue weighted by Gasteiger charge is 2.12. The monoisotopic (exact) mass is 244 g/mol. The van der Waals surface area contributed by atoms with E-state index < -0.39 is 0 Å². The van der Waals surface area contributed by atoms with Crippen LogP contribution < -0.4 is 0 Å². The van der Waals surface area contributed by atoms with Gasteiger partial charge in [0.25, 0.3) is 0 Å². The summed E-state index contributed by atoms with van der Waals surface area (Å²) in [7, 11) is 0. The normalized spacial score (nSPS) is 12.2. The Morgan fingerprint density at radius 2 is 1.89 bits per heavy atom. The SMILES string of the molecule is C#CCCCC(CCC)C(/C=C\C(=C)C)=C(C)C. The highest BCUT2D eigenvalue weighted by molar-refractivity contribution is 5.30. The number of allylic oxidation sites excluding steroid dienone is 5. The second kappa shape index (κ2) is 9.77. The maximum atomic E-state index is 5.34. The minimum atomic E-state index is 0.643. The Balaban J connectivity index is 4.84. The molecule has 1 unspecified atom stereocenters. The Bertz CT molecular complexity index is 343. The van der Waals surface area contributed by atoms with E-state index in [9.17, 15) is 0 Å². The number of hydrogen-bond acceptors (Lipinski definition) is 0. The molecule has 1 atom stereocenters. The van der Waals surface area contributed by atoms with Gasteiger partial charge in [-0.2, -0.15) is 0 Å². The molecule has 0 heteroatoms. The molecular formula is C18H28. The molecule has 0 aliphatic heterocycles. The molecule has 0 saturated heterocycles. The first-order chi connectivity index (χ1) is 8.52. The molecular weight excluding hydrogens is 216 g/mol. The highest BCUT2D eigenvalue weighted by Crippen LogP contribution is 2.27. The van der Waals surface area contributed by atoms with Gasteiger partial charge in [-0.15, -0.1) is 12.3 Å². The first-order valence-corrected chi connectivity index (χ1v) is 6.97. The predicted octanol–water partition coefficient (Wildman–Crippen LogP) is 5.67. The van der Waals surface area contributed by atoms with Crippen molar-refractivity contribution in [2.24, 2.45) is 5.92 Å². The smallest absolute Gasteiger partial charge is 0.00862 e. The zero-order valence-electron chi connectivity index (χ0n) is 12.6. The van der Waals surface area contributed by atoms with Crippen molar-refractivity contribution < 1.29 is 0 Å². The van der Waals surface area contributed by atoms with Crippen molar-refractivity contribution >= 4 is 0 Å². The lowest BCUT2D eigenvalue weighted by Gasteiger charge is -2.19. The van der Waals surface area contributed by atoms with Crippen molar-refractivity contribution in [3.8, 4) is 12.3 Å². The van der Waals surface area contributed by atoms with Crippen LogP contribution in [0, 0.1) is 18.3 Å². The second-order valence-corrected chi connectivity index (χ2v) is 5.22. The molecule has 0 aliphatic carbocycles. The summed E-state index contributed by atoms with van der Waals surface area (Å²) >= 11 is 0. The van der Waals surface area contributed by atoms with Gasteiger partial charge < -0.3 is 0 Å². The fraction of sp³-hybridized carbons (Fsp3) is 0.556. The van der Waals surface area contributed by atoms with Crippen molar-refractivity contribution in [2.45, 2.75) is 59.8 Å². The van der Waals surface area contributed by atoms with Crippen molar-refractivity contribution in [3.05, 3.63) is 35.5 Å². The van der Waals surface area contributed by atoms with E-state index in [1.807, 2.05) is 6.92 Å². The van der Waals surface area contributed by atoms with Crippen molar-refractivity contribution in [2.75, 3.05) is 0 Å². The van der Waals surface area contributed by atoms with Gasteiger partial charge in [0, 0.05) is 6.42 Å². The van der Waals surface area contributed by atoms with Gasteiger partial charge in [0.1, 0.15) is 0 Å². The first-order valence-electron chi connectivity index (χ1n) is 6.97. The molecule has 100 valence electrons. The number of unbranched alkanes of at least 4 members (excludes halogenated alkanes) is 1. The molecule has 0 aliphatic rings. The van der Waals surface area contributed by atoms with Gasteiger partial charge >= 0.3 is 0 Å². The van der Waals surface area contributed by atoms with Crippen LogP contribution in [-0.2, 0) is 0 Å². The molecule has 0 radical (unpaired) electrons. The highest BCUT2D eigenvalue weighted by atomic mass is 14.2. The lowest BCUT2D eigenvalue weighted by atomic mass is 9.86. The van der Waals surface area contributed by atoms with Gasteiger partial charge in [-0.1, -0.05) is 43.2 Å². The zero-order valence-corrected chi connectivity index (χ0v) is 12.6. The molecule has 0 N–H and O–H groups in total. The van der Waals surface area contributed by atoms with Crippen LogP contribution in [0.2, 0.25) is 0 Å². The lowest BCUT2D eigenvalue weighted by Crippen LogP contribution is -2.04. The van der Waals surface area contributed by atoms with Crippen LogP contribution in [0.5, 0.6) is 0 Å². The van der Waals surface area contributed by atoms with E-state index in [2.05, 4.69) is 45.4 Å². The fourth-order valence-corrected chi connectivity index (χ4v) is 2.20. The van der Waals surface area contributed by atoms with Gasteiger partial charge in [-0.05, 0) is 51.5 Å². The van der Waals surface area contributed by atoms with Crippen LogP contribution in [0.3, 0.4) is 0 Å². The molecule has 0 spiro atoms. The standard InChI is InChI=1S/C18H28/c1-7-9-10-12-17(11-8-2)18(16(5)6)14-13-15(3)4/h1,13-14,17H,3,8-12H2,2,4-6H3/b14-13-. The topological polar surface area (TPSA) is 0 Å². The summed E-state index contributed by atoms with van der Waals surface area (Å²) in [5.41, 5.74) is 3.98. The third-order valence-corrected chi connectivity index (χ3v) is 3.08. The largest absolute Gasteiger partial charge is 0.120 e. The molecule has 0 nitrogen and oxygen atoms in total. The Kier molecular flexibility index (Phi) is 9.11. The summed E-state index contributed by atoms with van der Waals surface area (Å²) in [6.45, 7) is 12.6. The summed E-state index contributed by atoms with van der Waals surface area (Å²) < 4.78 is 0. The summed E-state index contributed by atoms with van der Waals surface area (Å²) in [4.78, 5) is 0. The second-order valence-electron chi connectivity index (χ2n) is 5.22. The van der Waals surface area contributed by atoms with E-state index in [0.717, 1.165) is 18.4 Å². The molecule has 18 heavy (non-hydrogen) atoms. The summed E-state index contributed by atoms with van der Waals surface area (Å²) in [5, 5.41) is 0. The molecule has 0 bridgehead atoms. The van der Waals surface area contributed by atoms with Crippen LogP contribution in [0.25, 0.3) is 0 Å². The van der Waals surface area contributed by atoms with E-state index in [1.54, 1.807) is 0 Å². The van der Waals surface area contributed by atoms with Gasteiger partial charge in [0.05, 0.1) is 0 Å². The van der Waals surface area contributed by atoms with Crippen LogP contribution in [0.1, 0.15) is 59.8 Å². The van der Waals surface area contributed by atoms with Gasteiger partial charge in [0.15, 0.2) is 0 Å². The molecule has 0 aromatic carbocycles. The van der Waals surface area contributed by atoms with Crippen molar-refractivity contribution in [1.29, 1.82) is 0 Å². The maximum absolute atomic E-state index is 5.34. The van der Waals surface area contributed by atoms with Crippen molar-refractivity contribution in [3.63, 3.8) is 0 Å². The average Bonchev–Trinajstić information content (AvgIpc) is 2.28. The fourth-order valence-electron chi connectivity index (χ4n) is 2.20. The zero-order chi connectivity index (χ0) is 14.0. The summed E-state index contributed by atoms with van der Waals surface area (Å²) in [5.74, 6) is 3.38. The van der Waals surface area contributed by atoms with E-state index in [1.165, 1.54) is 30.4 Å². The number of rotatable bonds is 8. The molecule has 0 fully saturated rings. The van der Waals surface area contributed by atoms with Gasteiger partial charge in [0.2, 0.25) is 0 Å².